The Balaban J connectivity index is 1.68. The molecule has 5 aromatic carbocycles. The van der Waals surface area contributed by atoms with Gasteiger partial charge in [0.1, 0.15) is 0 Å². The molecule has 7 aromatic rings. The predicted molar refractivity (Wildman–Crippen MR) is 158 cm³/mol. The summed E-state index contributed by atoms with van der Waals surface area (Å²) in [5.74, 6) is 0. The minimum absolute atomic E-state index is 0.594. The van der Waals surface area contributed by atoms with Crippen molar-refractivity contribution in [2.75, 3.05) is 0 Å². The molecule has 0 radical (unpaired) electrons. The normalized spacial score (nSPS) is 11.2. The van der Waals surface area contributed by atoms with E-state index in [1.54, 1.807) is 0 Å². The topological polar surface area (TPSA) is 62.5 Å². The van der Waals surface area contributed by atoms with Gasteiger partial charge in [0.25, 0.3) is 0 Å². The number of aromatic nitrogens is 3. The molecule has 0 amide bonds. The molecule has 182 valence electrons. The number of hydrogen-bond acceptors (Lipinski definition) is 4. The predicted octanol–water partition coefficient (Wildman–Crippen LogP) is 8.51. The summed E-state index contributed by atoms with van der Waals surface area (Å²) in [5, 5.41) is 12.9. The number of pyridine rings is 1. The Bertz CT molecular complexity index is 2080. The Kier molecular flexibility index (Phi) is 5.35. The molecule has 2 aromatic heterocycles. The van der Waals surface area contributed by atoms with Gasteiger partial charge in [-0.1, -0.05) is 97.1 Å². The largest absolute Gasteiger partial charge is 0.247 e. The highest BCUT2D eigenvalue weighted by molar-refractivity contribution is 6.22. The van der Waals surface area contributed by atoms with Gasteiger partial charge in [0.15, 0.2) is 0 Å². The second-order valence-corrected chi connectivity index (χ2v) is 9.60. The summed E-state index contributed by atoms with van der Waals surface area (Å²) in [7, 11) is 0. The Hall–Kier alpha value is -5.40. The molecule has 4 heteroatoms. The summed E-state index contributed by atoms with van der Waals surface area (Å²) in [4.78, 5) is 15.7. The molecule has 0 aliphatic rings. The van der Waals surface area contributed by atoms with Gasteiger partial charge in [-0.15, -0.1) is 0 Å². The Morgan fingerprint density at radius 1 is 0.564 bits per heavy atom. The molecule has 39 heavy (non-hydrogen) atoms. The lowest BCUT2D eigenvalue weighted by atomic mass is 9.93. The van der Waals surface area contributed by atoms with E-state index in [1.165, 1.54) is 0 Å². The van der Waals surface area contributed by atoms with Gasteiger partial charge in [0.2, 0.25) is 0 Å². The molecule has 0 spiro atoms. The van der Waals surface area contributed by atoms with Crippen LogP contribution in [0.5, 0.6) is 0 Å². The highest BCUT2D eigenvalue weighted by Gasteiger charge is 2.21. The monoisotopic (exact) mass is 498 g/mol. The molecular weight excluding hydrogens is 476 g/mol. The van der Waals surface area contributed by atoms with Crippen LogP contribution in [0.25, 0.3) is 66.5 Å². The third-order valence-corrected chi connectivity index (χ3v) is 7.20. The second kappa shape index (κ2) is 9.16. The first-order chi connectivity index (χ1) is 19.2. The van der Waals surface area contributed by atoms with E-state index < -0.39 is 0 Å². The second-order valence-electron chi connectivity index (χ2n) is 9.60. The van der Waals surface area contributed by atoms with E-state index in [-0.39, 0.29) is 0 Å². The van der Waals surface area contributed by atoms with Crippen molar-refractivity contribution < 1.29 is 0 Å². The lowest BCUT2D eigenvalue weighted by Gasteiger charge is -2.17. The summed E-state index contributed by atoms with van der Waals surface area (Å²) in [5.41, 5.74) is 9.45. The average Bonchev–Trinajstić information content (AvgIpc) is 3.00. The van der Waals surface area contributed by atoms with Crippen LogP contribution in [0, 0.1) is 18.3 Å². The standard InChI is InChI=1S/C35H22N4/c1-22-20-29-35(39-33(24-14-6-3-7-15-24)32(38-29)23-12-4-2-5-13-23)31-27-18-10-11-19-28(27)37-34(30(22)31)26-17-9-8-16-25(26)21-36/h2-20H,1H3. The van der Waals surface area contributed by atoms with E-state index in [9.17, 15) is 5.26 Å². The third-order valence-electron chi connectivity index (χ3n) is 7.20. The van der Waals surface area contributed by atoms with Gasteiger partial charge in [-0.3, -0.25) is 0 Å². The molecule has 2 heterocycles. The molecule has 0 aliphatic heterocycles. The number of benzene rings is 5. The van der Waals surface area contributed by atoms with Crippen LogP contribution in [0.15, 0.2) is 115 Å². The maximum absolute atomic E-state index is 9.91. The maximum Gasteiger partial charge on any atom is 0.0998 e. The van der Waals surface area contributed by atoms with Crippen molar-refractivity contribution in [2.45, 2.75) is 6.92 Å². The molecule has 0 atom stereocenters. The van der Waals surface area contributed by atoms with Crippen LogP contribution in [0.3, 0.4) is 0 Å². The molecule has 0 fully saturated rings. The fraction of sp³-hybridized carbons (Fsp3) is 0.0286. The molecule has 0 saturated heterocycles. The zero-order chi connectivity index (χ0) is 26.3. The van der Waals surface area contributed by atoms with E-state index in [2.05, 4.69) is 49.4 Å². The summed E-state index contributed by atoms with van der Waals surface area (Å²) >= 11 is 0. The Morgan fingerprint density at radius 3 is 1.87 bits per heavy atom. The van der Waals surface area contributed by atoms with Gasteiger partial charge in [-0.25, -0.2) is 15.0 Å². The maximum atomic E-state index is 9.91. The van der Waals surface area contributed by atoms with E-state index in [0.29, 0.717) is 5.56 Å². The summed E-state index contributed by atoms with van der Waals surface area (Å²) in [6.45, 7) is 2.09. The smallest absolute Gasteiger partial charge is 0.0998 e. The van der Waals surface area contributed by atoms with E-state index in [1.807, 2.05) is 78.9 Å². The van der Waals surface area contributed by atoms with E-state index in [0.717, 1.165) is 72.0 Å². The number of para-hydroxylation sites is 1. The molecule has 0 aliphatic carbocycles. The lowest BCUT2D eigenvalue weighted by molar-refractivity contribution is 1.29. The van der Waals surface area contributed by atoms with Crippen LogP contribution in [0.4, 0.5) is 0 Å². The number of aryl methyl sites for hydroxylation is 1. The van der Waals surface area contributed by atoms with Crippen LogP contribution < -0.4 is 0 Å². The fourth-order valence-electron chi connectivity index (χ4n) is 5.43. The van der Waals surface area contributed by atoms with Crippen LogP contribution in [0.1, 0.15) is 11.1 Å². The van der Waals surface area contributed by atoms with Gasteiger partial charge in [-0.05, 0) is 30.7 Å². The van der Waals surface area contributed by atoms with Crippen LogP contribution >= 0.6 is 0 Å². The minimum atomic E-state index is 0.594. The summed E-state index contributed by atoms with van der Waals surface area (Å²) < 4.78 is 0. The van der Waals surface area contributed by atoms with Gasteiger partial charge in [-0.2, -0.15) is 5.26 Å². The van der Waals surface area contributed by atoms with Crippen molar-refractivity contribution in [3.8, 4) is 39.8 Å². The summed E-state index contributed by atoms with van der Waals surface area (Å²) in [6, 6.07) is 40.7. The van der Waals surface area contributed by atoms with Crippen molar-refractivity contribution in [1.29, 1.82) is 5.26 Å². The number of fused-ring (bicyclic) bond motifs is 5. The number of nitriles is 1. The van der Waals surface area contributed by atoms with Crippen molar-refractivity contribution in [2.24, 2.45) is 0 Å². The summed E-state index contributed by atoms with van der Waals surface area (Å²) in [6.07, 6.45) is 0. The molecule has 0 N–H and O–H groups in total. The first kappa shape index (κ1) is 22.8. The molecule has 4 nitrogen and oxygen atoms in total. The molecule has 7 rings (SSSR count). The van der Waals surface area contributed by atoms with Gasteiger partial charge in [0.05, 0.1) is 45.3 Å². The van der Waals surface area contributed by atoms with Gasteiger partial charge >= 0.3 is 0 Å². The van der Waals surface area contributed by atoms with Crippen molar-refractivity contribution in [3.63, 3.8) is 0 Å². The number of nitrogens with zero attached hydrogens (tertiary/aromatic N) is 4. The highest BCUT2D eigenvalue weighted by atomic mass is 14.8. The van der Waals surface area contributed by atoms with Gasteiger partial charge < -0.3 is 0 Å². The van der Waals surface area contributed by atoms with Crippen molar-refractivity contribution >= 4 is 32.7 Å². The number of hydrogen-bond donors (Lipinski definition) is 0. The van der Waals surface area contributed by atoms with Crippen LogP contribution in [-0.2, 0) is 0 Å². The zero-order valence-electron chi connectivity index (χ0n) is 21.3. The SMILES string of the molecule is Cc1cc2nc(-c3ccccc3)c(-c3ccccc3)nc2c2c1c(-c1ccccc1C#N)nc1ccccc12. The van der Waals surface area contributed by atoms with Gasteiger partial charge in [0, 0.05) is 32.8 Å². The third kappa shape index (κ3) is 3.72. The van der Waals surface area contributed by atoms with E-state index >= 15 is 0 Å². The van der Waals surface area contributed by atoms with E-state index in [4.69, 9.17) is 15.0 Å². The minimum Gasteiger partial charge on any atom is -0.247 e. The molecule has 0 unspecified atom stereocenters. The fourth-order valence-corrected chi connectivity index (χ4v) is 5.43. The van der Waals surface area contributed by atoms with Crippen LogP contribution in [-0.4, -0.2) is 15.0 Å². The Labute approximate surface area is 225 Å². The highest BCUT2D eigenvalue weighted by Crippen LogP contribution is 2.41. The average molecular weight is 499 g/mol. The quantitative estimate of drug-likeness (QED) is 0.229. The molecule has 0 bridgehead atoms. The van der Waals surface area contributed by atoms with Crippen LogP contribution in [0.2, 0.25) is 0 Å². The number of rotatable bonds is 3. The van der Waals surface area contributed by atoms with Crippen molar-refractivity contribution in [1.82, 2.24) is 15.0 Å². The first-order valence-electron chi connectivity index (χ1n) is 12.9. The molecular formula is C35H22N4. The van der Waals surface area contributed by atoms with Crippen molar-refractivity contribution in [3.05, 3.63) is 126 Å². The lowest BCUT2D eigenvalue weighted by Crippen LogP contribution is -2.00. The zero-order valence-corrected chi connectivity index (χ0v) is 21.3. The first-order valence-corrected chi connectivity index (χ1v) is 12.9. The Morgan fingerprint density at radius 2 is 1.15 bits per heavy atom. The molecule has 0 saturated carbocycles.